The third-order valence-corrected chi connectivity index (χ3v) is 6.01. The highest BCUT2D eigenvalue weighted by Crippen LogP contribution is 2.24. The number of piperazine rings is 1. The third-order valence-electron chi connectivity index (χ3n) is 4.36. The number of nitrogens with zero attached hydrogens (tertiary/aromatic N) is 2. The number of hydrogen-bond acceptors (Lipinski definition) is 5. The molecule has 27 heavy (non-hydrogen) atoms. The first-order chi connectivity index (χ1) is 12.9. The lowest BCUT2D eigenvalue weighted by Crippen LogP contribution is -2.48. The summed E-state index contributed by atoms with van der Waals surface area (Å²) in [5.74, 6) is -0.188. The number of benzene rings is 1. The first-order valence-electron chi connectivity index (χ1n) is 8.92. The maximum absolute atomic E-state index is 13.1. The summed E-state index contributed by atoms with van der Waals surface area (Å²) in [5, 5.41) is 3.30. The molecule has 1 amide bonds. The predicted molar refractivity (Wildman–Crippen MR) is 103 cm³/mol. The zero-order valence-corrected chi connectivity index (χ0v) is 16.2. The van der Waals surface area contributed by atoms with E-state index in [4.69, 9.17) is 0 Å². The molecule has 1 aromatic carbocycles. The fourth-order valence-corrected chi connectivity index (χ4v) is 4.46. The molecule has 0 spiro atoms. The molecular formula is C19H24N4O3S. The normalized spacial score (nSPS) is 17.9. The molecule has 144 valence electrons. The topological polar surface area (TPSA) is 91.4 Å². The lowest BCUT2D eigenvalue weighted by molar-refractivity contribution is 0.0633. The second-order valence-corrected chi connectivity index (χ2v) is 8.52. The maximum atomic E-state index is 13.1. The van der Waals surface area contributed by atoms with Crippen LogP contribution in [0.25, 0.3) is 0 Å². The summed E-state index contributed by atoms with van der Waals surface area (Å²) in [7, 11) is -3.66. The van der Waals surface area contributed by atoms with Crippen molar-refractivity contribution in [2.24, 2.45) is 0 Å². The van der Waals surface area contributed by atoms with Crippen molar-refractivity contribution in [2.45, 2.75) is 30.8 Å². The molecule has 2 N–H and O–H groups in total. The molecule has 3 rings (SSSR count). The third kappa shape index (κ3) is 4.52. The number of aromatic nitrogens is 1. The van der Waals surface area contributed by atoms with Crippen LogP contribution >= 0.6 is 0 Å². The zero-order valence-electron chi connectivity index (χ0n) is 15.4. The van der Waals surface area contributed by atoms with Crippen molar-refractivity contribution >= 4 is 15.9 Å². The molecule has 1 aliphatic rings. The fraction of sp³-hybridized carbons (Fsp3) is 0.368. The SMILES string of the molecule is CC(C)NS(=O)(=O)c1cccc(C(=O)N2CCNCC2c2cccnc2)c1. The van der Waals surface area contributed by atoms with Gasteiger partial charge >= 0.3 is 0 Å². The van der Waals surface area contributed by atoms with Gasteiger partial charge in [0.05, 0.1) is 10.9 Å². The van der Waals surface area contributed by atoms with Crippen LogP contribution in [0.4, 0.5) is 0 Å². The molecule has 2 heterocycles. The van der Waals surface area contributed by atoms with Crippen molar-refractivity contribution in [1.29, 1.82) is 0 Å². The Hall–Kier alpha value is -2.29. The van der Waals surface area contributed by atoms with Gasteiger partial charge in [-0.2, -0.15) is 0 Å². The average Bonchev–Trinajstić information content (AvgIpc) is 2.67. The summed E-state index contributed by atoms with van der Waals surface area (Å²) < 4.78 is 27.4. The maximum Gasteiger partial charge on any atom is 0.254 e. The first kappa shape index (κ1) is 19.5. The lowest BCUT2D eigenvalue weighted by atomic mass is 10.0. The number of pyridine rings is 1. The number of nitrogens with one attached hydrogen (secondary N) is 2. The van der Waals surface area contributed by atoms with E-state index < -0.39 is 10.0 Å². The monoisotopic (exact) mass is 388 g/mol. The van der Waals surface area contributed by atoms with Gasteiger partial charge in [-0.05, 0) is 43.7 Å². The van der Waals surface area contributed by atoms with Crippen molar-refractivity contribution in [3.05, 3.63) is 59.9 Å². The van der Waals surface area contributed by atoms with E-state index in [-0.39, 0.29) is 22.9 Å². The molecule has 1 unspecified atom stereocenters. The van der Waals surface area contributed by atoms with E-state index in [1.54, 1.807) is 43.3 Å². The second-order valence-electron chi connectivity index (χ2n) is 6.81. The summed E-state index contributed by atoms with van der Waals surface area (Å²) >= 11 is 0. The summed E-state index contributed by atoms with van der Waals surface area (Å²) in [6, 6.07) is 9.61. The first-order valence-corrected chi connectivity index (χ1v) is 10.4. The molecular weight excluding hydrogens is 364 g/mol. The van der Waals surface area contributed by atoms with Crippen molar-refractivity contribution in [3.63, 3.8) is 0 Å². The van der Waals surface area contributed by atoms with Gasteiger partial charge in [-0.25, -0.2) is 13.1 Å². The number of amides is 1. The Morgan fingerprint density at radius 2 is 2.11 bits per heavy atom. The molecule has 1 aliphatic heterocycles. The second kappa shape index (κ2) is 8.16. The van der Waals surface area contributed by atoms with Crippen LogP contribution in [0.3, 0.4) is 0 Å². The van der Waals surface area contributed by atoms with Crippen LogP contribution in [0, 0.1) is 0 Å². The molecule has 2 aromatic rings. The zero-order chi connectivity index (χ0) is 19.4. The van der Waals surface area contributed by atoms with E-state index in [2.05, 4.69) is 15.0 Å². The fourth-order valence-electron chi connectivity index (χ4n) is 3.16. The Bertz CT molecular complexity index is 900. The summed E-state index contributed by atoms with van der Waals surface area (Å²) in [6.07, 6.45) is 3.45. The number of carbonyl (C=O) groups is 1. The summed E-state index contributed by atoms with van der Waals surface area (Å²) in [6.45, 7) is 5.37. The van der Waals surface area contributed by atoms with Crippen LogP contribution in [0.15, 0.2) is 53.7 Å². The van der Waals surface area contributed by atoms with Crippen LogP contribution in [-0.2, 0) is 10.0 Å². The van der Waals surface area contributed by atoms with Gasteiger partial charge in [-0.15, -0.1) is 0 Å². The average molecular weight is 388 g/mol. The molecule has 1 fully saturated rings. The van der Waals surface area contributed by atoms with Gasteiger partial charge in [-0.1, -0.05) is 12.1 Å². The number of sulfonamides is 1. The summed E-state index contributed by atoms with van der Waals surface area (Å²) in [5.41, 5.74) is 1.31. The van der Waals surface area contributed by atoms with E-state index in [1.165, 1.54) is 12.1 Å². The van der Waals surface area contributed by atoms with Crippen LogP contribution in [-0.4, -0.2) is 49.9 Å². The molecule has 1 saturated heterocycles. The number of carbonyl (C=O) groups excluding carboxylic acids is 1. The van der Waals surface area contributed by atoms with Crippen molar-refractivity contribution in [2.75, 3.05) is 19.6 Å². The molecule has 0 bridgehead atoms. The van der Waals surface area contributed by atoms with Crippen molar-refractivity contribution < 1.29 is 13.2 Å². The van der Waals surface area contributed by atoms with Gasteiger partial charge in [0, 0.05) is 43.6 Å². The van der Waals surface area contributed by atoms with E-state index in [1.807, 2.05) is 12.1 Å². The standard InChI is InChI=1S/C19H24N4O3S/c1-14(2)22-27(25,26)17-7-3-5-15(11-17)19(24)23-10-9-21-13-18(23)16-6-4-8-20-12-16/h3-8,11-12,14,18,21-22H,9-10,13H2,1-2H3. The Morgan fingerprint density at radius 3 is 2.81 bits per heavy atom. The van der Waals surface area contributed by atoms with Crippen LogP contribution in [0.1, 0.15) is 35.8 Å². The van der Waals surface area contributed by atoms with Crippen LogP contribution in [0.2, 0.25) is 0 Å². The smallest absolute Gasteiger partial charge is 0.254 e. The minimum atomic E-state index is -3.66. The molecule has 0 saturated carbocycles. The van der Waals surface area contributed by atoms with E-state index in [0.29, 0.717) is 25.2 Å². The molecule has 7 nitrogen and oxygen atoms in total. The predicted octanol–water partition coefficient (Wildman–Crippen LogP) is 1.55. The van der Waals surface area contributed by atoms with Gasteiger partial charge in [0.15, 0.2) is 0 Å². The largest absolute Gasteiger partial charge is 0.329 e. The Morgan fingerprint density at radius 1 is 1.30 bits per heavy atom. The Balaban J connectivity index is 1.89. The van der Waals surface area contributed by atoms with Gasteiger partial charge in [0.25, 0.3) is 5.91 Å². The number of rotatable bonds is 5. The highest BCUT2D eigenvalue weighted by Gasteiger charge is 2.29. The van der Waals surface area contributed by atoms with Gasteiger partial charge in [-0.3, -0.25) is 9.78 Å². The van der Waals surface area contributed by atoms with Gasteiger partial charge in [0.2, 0.25) is 10.0 Å². The molecule has 8 heteroatoms. The lowest BCUT2D eigenvalue weighted by Gasteiger charge is -2.36. The minimum Gasteiger partial charge on any atom is -0.329 e. The minimum absolute atomic E-state index is 0.0927. The molecule has 0 aliphatic carbocycles. The quantitative estimate of drug-likeness (QED) is 0.811. The summed E-state index contributed by atoms with van der Waals surface area (Å²) in [4.78, 5) is 19.2. The molecule has 1 atom stereocenters. The van der Waals surface area contributed by atoms with Gasteiger partial charge < -0.3 is 10.2 Å². The Kier molecular flexibility index (Phi) is 5.88. The highest BCUT2D eigenvalue weighted by atomic mass is 32.2. The van der Waals surface area contributed by atoms with E-state index in [9.17, 15) is 13.2 Å². The van der Waals surface area contributed by atoms with Crippen LogP contribution < -0.4 is 10.0 Å². The molecule has 0 radical (unpaired) electrons. The Labute approximate surface area is 159 Å². The van der Waals surface area contributed by atoms with Gasteiger partial charge in [0.1, 0.15) is 0 Å². The number of hydrogen-bond donors (Lipinski definition) is 2. The van der Waals surface area contributed by atoms with E-state index in [0.717, 1.165) is 5.56 Å². The van der Waals surface area contributed by atoms with Crippen LogP contribution in [0.5, 0.6) is 0 Å². The van der Waals surface area contributed by atoms with E-state index >= 15 is 0 Å². The molecule has 1 aromatic heterocycles. The van der Waals surface area contributed by atoms with Crippen molar-refractivity contribution in [1.82, 2.24) is 19.9 Å². The highest BCUT2D eigenvalue weighted by molar-refractivity contribution is 7.89. The van der Waals surface area contributed by atoms with Crippen molar-refractivity contribution in [3.8, 4) is 0 Å².